The minimum atomic E-state index is 1.02. The summed E-state index contributed by atoms with van der Waals surface area (Å²) in [6, 6.07) is 0. The van der Waals surface area contributed by atoms with Crippen molar-refractivity contribution in [3.63, 3.8) is 0 Å². The fraction of sp³-hybridized carbons (Fsp3) is 0.273. The fourth-order valence-corrected chi connectivity index (χ4v) is 0.558. The van der Waals surface area contributed by atoms with Crippen LogP contribution in [-0.2, 0) is 0 Å². The van der Waals surface area contributed by atoms with E-state index in [1.807, 2.05) is 44.2 Å². The Balaban J connectivity index is 0.000000218. The molecule has 1 aliphatic carbocycles. The summed E-state index contributed by atoms with van der Waals surface area (Å²) in [5, 5.41) is 0. The van der Waals surface area contributed by atoms with E-state index >= 15 is 0 Å². The Morgan fingerprint density at radius 3 is 2.09 bits per heavy atom. The molecule has 1 rings (SSSR count). The minimum absolute atomic E-state index is 1.02. The van der Waals surface area contributed by atoms with Crippen molar-refractivity contribution in [3.05, 3.63) is 48.6 Å². The molecule has 0 aromatic carbocycles. The number of rotatable bonds is 0. The smallest absolute Gasteiger partial charge is 0.0100 e. The molecule has 1 aliphatic rings. The molecule has 0 fully saturated rings. The van der Waals surface area contributed by atoms with Gasteiger partial charge in [0.25, 0.3) is 0 Å². The van der Waals surface area contributed by atoms with Gasteiger partial charge in [0, 0.05) is 0 Å². The topological polar surface area (TPSA) is 0 Å². The van der Waals surface area contributed by atoms with Crippen LogP contribution < -0.4 is 0 Å². The second-order valence-electron chi connectivity index (χ2n) is 2.32. The van der Waals surface area contributed by atoms with Gasteiger partial charge in [-0.15, -0.1) is 0 Å². The van der Waals surface area contributed by atoms with Crippen LogP contribution in [-0.4, -0.2) is 0 Å². The lowest BCUT2D eigenvalue weighted by molar-refractivity contribution is 1.28. The van der Waals surface area contributed by atoms with E-state index in [1.54, 1.807) is 0 Å². The van der Waals surface area contributed by atoms with Crippen molar-refractivity contribution in [1.29, 1.82) is 0 Å². The van der Waals surface area contributed by atoms with Crippen LogP contribution in [0.1, 0.15) is 20.3 Å². The number of hydrogen-bond acceptors (Lipinski definition) is 0. The van der Waals surface area contributed by atoms with E-state index in [-0.39, 0.29) is 0 Å². The zero-order valence-electron chi connectivity index (χ0n) is 7.38. The predicted octanol–water partition coefficient (Wildman–Crippen LogP) is 3.64. The molecule has 0 aliphatic heterocycles. The Bertz CT molecular complexity index is 176. The van der Waals surface area contributed by atoms with E-state index in [0.717, 1.165) is 6.42 Å². The number of hydrogen-bond donors (Lipinski definition) is 0. The van der Waals surface area contributed by atoms with E-state index in [2.05, 4.69) is 12.7 Å². The molecule has 60 valence electrons. The lowest BCUT2D eigenvalue weighted by Crippen LogP contribution is -1.74. The molecule has 0 radical (unpaired) electrons. The van der Waals surface area contributed by atoms with E-state index in [4.69, 9.17) is 0 Å². The monoisotopic (exact) mass is 148 g/mol. The highest BCUT2D eigenvalue weighted by Gasteiger charge is 1.84. The Kier molecular flexibility index (Phi) is 6.40. The molecular formula is C11H16. The van der Waals surface area contributed by atoms with Crippen LogP contribution in [0.25, 0.3) is 0 Å². The van der Waals surface area contributed by atoms with Gasteiger partial charge >= 0.3 is 0 Å². The van der Waals surface area contributed by atoms with Crippen molar-refractivity contribution < 1.29 is 0 Å². The molecular weight excluding hydrogens is 132 g/mol. The Morgan fingerprint density at radius 2 is 1.91 bits per heavy atom. The van der Waals surface area contributed by atoms with Crippen molar-refractivity contribution in [2.24, 2.45) is 0 Å². The SMILES string of the molecule is C/C=C\C.C=C1C=CC=CC1. The summed E-state index contributed by atoms with van der Waals surface area (Å²) < 4.78 is 0. The molecule has 0 saturated heterocycles. The highest BCUT2D eigenvalue weighted by atomic mass is 13.9. The lowest BCUT2D eigenvalue weighted by atomic mass is 10.1. The first kappa shape index (κ1) is 9.96. The Morgan fingerprint density at radius 1 is 1.27 bits per heavy atom. The largest absolute Gasteiger partial charge is 0.0955 e. The van der Waals surface area contributed by atoms with Gasteiger partial charge in [-0.2, -0.15) is 0 Å². The summed E-state index contributed by atoms with van der Waals surface area (Å²) in [5.74, 6) is 0. The van der Waals surface area contributed by atoms with E-state index in [1.165, 1.54) is 5.57 Å². The molecule has 0 N–H and O–H groups in total. The van der Waals surface area contributed by atoms with Crippen molar-refractivity contribution in [3.8, 4) is 0 Å². The van der Waals surface area contributed by atoms with Gasteiger partial charge in [-0.25, -0.2) is 0 Å². The molecule has 0 heteroatoms. The van der Waals surface area contributed by atoms with Gasteiger partial charge < -0.3 is 0 Å². The van der Waals surface area contributed by atoms with Gasteiger partial charge in [0.2, 0.25) is 0 Å². The molecule has 0 atom stereocenters. The molecule has 0 amide bonds. The summed E-state index contributed by atoms with van der Waals surface area (Å²) in [5.41, 5.74) is 1.20. The van der Waals surface area contributed by atoms with Crippen LogP contribution in [0.5, 0.6) is 0 Å². The molecule has 0 bridgehead atoms. The third-order valence-corrected chi connectivity index (χ3v) is 1.29. The van der Waals surface area contributed by atoms with Gasteiger partial charge in [-0.05, 0) is 20.3 Å². The summed E-state index contributed by atoms with van der Waals surface area (Å²) in [7, 11) is 0. The summed E-state index contributed by atoms with van der Waals surface area (Å²) >= 11 is 0. The van der Waals surface area contributed by atoms with Gasteiger partial charge in [-0.3, -0.25) is 0 Å². The van der Waals surface area contributed by atoms with Crippen LogP contribution >= 0.6 is 0 Å². The van der Waals surface area contributed by atoms with Crippen molar-refractivity contribution in [2.45, 2.75) is 20.3 Å². The van der Waals surface area contributed by atoms with Crippen molar-refractivity contribution in [1.82, 2.24) is 0 Å². The summed E-state index contributed by atoms with van der Waals surface area (Å²) in [4.78, 5) is 0. The molecule has 0 unspecified atom stereocenters. The maximum atomic E-state index is 3.78. The zero-order chi connectivity index (χ0) is 8.53. The molecule has 0 aromatic rings. The zero-order valence-corrected chi connectivity index (χ0v) is 7.38. The first-order valence-corrected chi connectivity index (χ1v) is 3.89. The average Bonchev–Trinajstić information content (AvgIpc) is 2.07. The first-order valence-electron chi connectivity index (χ1n) is 3.89. The first-order chi connectivity index (χ1) is 5.31. The summed E-state index contributed by atoms with van der Waals surface area (Å²) in [6.07, 6.45) is 13.2. The van der Waals surface area contributed by atoms with Crippen molar-refractivity contribution >= 4 is 0 Å². The summed E-state index contributed by atoms with van der Waals surface area (Å²) in [6.45, 7) is 7.78. The maximum absolute atomic E-state index is 3.78. The lowest BCUT2D eigenvalue weighted by Gasteiger charge is -1.94. The van der Waals surface area contributed by atoms with Crippen LogP contribution in [0, 0.1) is 0 Å². The molecule has 0 heterocycles. The molecule has 0 saturated carbocycles. The predicted molar refractivity (Wildman–Crippen MR) is 52.5 cm³/mol. The van der Waals surface area contributed by atoms with Gasteiger partial charge in [-0.1, -0.05) is 48.6 Å². The minimum Gasteiger partial charge on any atom is -0.0955 e. The highest BCUT2D eigenvalue weighted by molar-refractivity contribution is 5.26. The standard InChI is InChI=1S/C7H8.C4H8/c1-7-5-3-2-4-6-7;1-3-4-2/h2-5H,1,6H2;3-4H,1-2H3/b;4-3-. The third kappa shape index (κ3) is 6.85. The molecule has 0 nitrogen and oxygen atoms in total. The van der Waals surface area contributed by atoms with Crippen LogP contribution in [0.3, 0.4) is 0 Å². The number of allylic oxidation sites excluding steroid dienone is 7. The quantitative estimate of drug-likeness (QED) is 0.460. The van der Waals surface area contributed by atoms with Gasteiger partial charge in [0.05, 0.1) is 0 Å². The van der Waals surface area contributed by atoms with Gasteiger partial charge in [0.15, 0.2) is 0 Å². The van der Waals surface area contributed by atoms with Crippen molar-refractivity contribution in [2.75, 3.05) is 0 Å². The van der Waals surface area contributed by atoms with Crippen LogP contribution in [0.15, 0.2) is 48.6 Å². The van der Waals surface area contributed by atoms with Gasteiger partial charge in [0.1, 0.15) is 0 Å². The molecule has 0 spiro atoms. The van der Waals surface area contributed by atoms with E-state index in [9.17, 15) is 0 Å². The normalized spacial score (nSPS) is 14.9. The highest BCUT2D eigenvalue weighted by Crippen LogP contribution is 2.05. The molecule has 0 aromatic heterocycles. The second kappa shape index (κ2) is 7.07. The van der Waals surface area contributed by atoms with E-state index in [0.29, 0.717) is 0 Å². The second-order valence-corrected chi connectivity index (χ2v) is 2.32. The Labute approximate surface area is 69.6 Å². The Hall–Kier alpha value is -1.04. The fourth-order valence-electron chi connectivity index (χ4n) is 0.558. The molecule has 11 heavy (non-hydrogen) atoms. The average molecular weight is 148 g/mol. The third-order valence-electron chi connectivity index (χ3n) is 1.29. The van der Waals surface area contributed by atoms with Crippen LogP contribution in [0.4, 0.5) is 0 Å². The van der Waals surface area contributed by atoms with E-state index < -0.39 is 0 Å². The maximum Gasteiger partial charge on any atom is -0.0100 e. The van der Waals surface area contributed by atoms with Crippen LogP contribution in [0.2, 0.25) is 0 Å².